The first-order valence-corrected chi connectivity index (χ1v) is 7.27. The van der Waals surface area contributed by atoms with Gasteiger partial charge in [-0.15, -0.1) is 6.42 Å². The summed E-state index contributed by atoms with van der Waals surface area (Å²) in [5, 5.41) is 9.26. The molecule has 21 heavy (non-hydrogen) atoms. The topological polar surface area (TPSA) is 53.4 Å². The van der Waals surface area contributed by atoms with Crippen LogP contribution in [0, 0.1) is 18.3 Å². The molecule has 1 aliphatic heterocycles. The molecule has 1 aliphatic carbocycles. The summed E-state index contributed by atoms with van der Waals surface area (Å²) in [5.41, 5.74) is 3.33. The Balaban J connectivity index is 2.01. The Morgan fingerprint density at radius 1 is 1.43 bits per heavy atom. The first-order valence-electron chi connectivity index (χ1n) is 7.27. The van der Waals surface area contributed by atoms with Crippen molar-refractivity contribution in [1.82, 2.24) is 9.88 Å². The van der Waals surface area contributed by atoms with Crippen LogP contribution < -0.4 is 0 Å². The van der Waals surface area contributed by atoms with Crippen molar-refractivity contribution in [2.45, 2.75) is 19.3 Å². The van der Waals surface area contributed by atoms with Crippen molar-refractivity contribution < 1.29 is 9.90 Å². The number of carbonyl (C=O) groups excluding carboxylic acids is 1. The SMILES string of the molecule is C#CC1=C(N2CCC(CO)CC2)c2ccncc2CC1=O. The van der Waals surface area contributed by atoms with Crippen LogP contribution in [0.4, 0.5) is 0 Å². The smallest absolute Gasteiger partial charge is 0.177 e. The van der Waals surface area contributed by atoms with Gasteiger partial charge in [0.25, 0.3) is 0 Å². The predicted octanol–water partition coefficient (Wildman–Crippen LogP) is 1.26. The number of aliphatic hydroxyl groups excluding tert-OH is 1. The number of rotatable bonds is 2. The number of aliphatic hydroxyl groups is 1. The van der Waals surface area contributed by atoms with Crippen molar-refractivity contribution in [3.05, 3.63) is 35.2 Å². The monoisotopic (exact) mass is 282 g/mol. The Morgan fingerprint density at radius 2 is 2.19 bits per heavy atom. The van der Waals surface area contributed by atoms with E-state index in [0.717, 1.165) is 42.8 Å². The number of pyridine rings is 1. The molecule has 0 bridgehead atoms. The zero-order chi connectivity index (χ0) is 14.8. The number of piperidine rings is 1. The maximum Gasteiger partial charge on any atom is 0.177 e. The number of terminal acetylenes is 1. The minimum Gasteiger partial charge on any atom is -0.396 e. The van der Waals surface area contributed by atoms with E-state index in [1.54, 1.807) is 12.4 Å². The molecule has 108 valence electrons. The molecule has 2 aliphatic rings. The number of allylic oxidation sites excluding steroid dienone is 1. The summed E-state index contributed by atoms with van der Waals surface area (Å²) >= 11 is 0. The van der Waals surface area contributed by atoms with E-state index in [2.05, 4.69) is 15.8 Å². The van der Waals surface area contributed by atoms with Gasteiger partial charge in [0, 0.05) is 44.1 Å². The largest absolute Gasteiger partial charge is 0.396 e. The molecule has 2 heterocycles. The van der Waals surface area contributed by atoms with Crippen LogP contribution in [0.3, 0.4) is 0 Å². The highest BCUT2D eigenvalue weighted by Gasteiger charge is 2.30. The van der Waals surface area contributed by atoms with Gasteiger partial charge < -0.3 is 10.0 Å². The second-order valence-corrected chi connectivity index (χ2v) is 5.61. The Bertz CT molecular complexity index is 634. The summed E-state index contributed by atoms with van der Waals surface area (Å²) in [6.45, 7) is 1.87. The van der Waals surface area contributed by atoms with Crippen molar-refractivity contribution >= 4 is 11.5 Å². The third-order valence-corrected chi connectivity index (χ3v) is 4.36. The molecule has 0 atom stereocenters. The van der Waals surface area contributed by atoms with Gasteiger partial charge in [-0.05, 0) is 30.4 Å². The highest BCUT2D eigenvalue weighted by Crippen LogP contribution is 2.34. The molecular weight excluding hydrogens is 264 g/mol. The molecule has 1 saturated heterocycles. The molecular formula is C17H18N2O2. The molecule has 0 spiro atoms. The molecule has 3 rings (SSSR count). The first kappa shape index (κ1) is 13.8. The molecule has 4 nitrogen and oxygen atoms in total. The van der Waals surface area contributed by atoms with Gasteiger partial charge in [0.15, 0.2) is 5.78 Å². The molecule has 0 radical (unpaired) electrons. The van der Waals surface area contributed by atoms with Gasteiger partial charge in [-0.25, -0.2) is 0 Å². The number of likely N-dealkylation sites (tertiary alicyclic amines) is 1. The van der Waals surface area contributed by atoms with Gasteiger partial charge in [0.2, 0.25) is 0 Å². The molecule has 0 aromatic carbocycles. The Hall–Kier alpha value is -2.12. The lowest BCUT2D eigenvalue weighted by molar-refractivity contribution is -0.114. The van der Waals surface area contributed by atoms with E-state index in [-0.39, 0.29) is 12.4 Å². The minimum absolute atomic E-state index is 0.00252. The maximum atomic E-state index is 12.3. The van der Waals surface area contributed by atoms with E-state index in [1.165, 1.54) is 0 Å². The van der Waals surface area contributed by atoms with Gasteiger partial charge >= 0.3 is 0 Å². The van der Waals surface area contributed by atoms with Crippen LogP contribution in [-0.2, 0) is 11.2 Å². The zero-order valence-corrected chi connectivity index (χ0v) is 11.9. The van der Waals surface area contributed by atoms with Crippen molar-refractivity contribution in [2.75, 3.05) is 19.7 Å². The number of nitrogens with zero attached hydrogens (tertiary/aromatic N) is 2. The van der Waals surface area contributed by atoms with E-state index in [4.69, 9.17) is 6.42 Å². The third-order valence-electron chi connectivity index (χ3n) is 4.36. The number of aromatic nitrogens is 1. The Kier molecular flexibility index (Phi) is 3.76. The van der Waals surface area contributed by atoms with Crippen LogP contribution in [0.2, 0.25) is 0 Å². The number of carbonyl (C=O) groups is 1. The fourth-order valence-electron chi connectivity index (χ4n) is 3.14. The number of Topliss-reactive ketones (excluding diaryl/α,β-unsaturated/α-hetero) is 1. The van der Waals surface area contributed by atoms with E-state index in [1.807, 2.05) is 6.07 Å². The summed E-state index contributed by atoms with van der Waals surface area (Å²) in [4.78, 5) is 18.6. The number of hydrogen-bond acceptors (Lipinski definition) is 4. The van der Waals surface area contributed by atoms with Crippen molar-refractivity contribution in [3.8, 4) is 12.3 Å². The molecule has 1 aromatic rings. The van der Waals surface area contributed by atoms with Gasteiger partial charge in [-0.3, -0.25) is 9.78 Å². The van der Waals surface area contributed by atoms with Gasteiger partial charge in [-0.1, -0.05) is 5.92 Å². The molecule has 0 unspecified atom stereocenters. The summed E-state index contributed by atoms with van der Waals surface area (Å²) in [6.07, 6.45) is 11.3. The average Bonchev–Trinajstić information content (AvgIpc) is 2.53. The quantitative estimate of drug-likeness (QED) is 0.830. The third kappa shape index (κ3) is 2.45. The highest BCUT2D eigenvalue weighted by molar-refractivity contribution is 6.10. The van der Waals surface area contributed by atoms with Crippen LogP contribution in [0.1, 0.15) is 24.0 Å². The number of ketones is 1. The second kappa shape index (κ2) is 5.71. The van der Waals surface area contributed by atoms with E-state index < -0.39 is 0 Å². The van der Waals surface area contributed by atoms with Gasteiger partial charge in [-0.2, -0.15) is 0 Å². The minimum atomic E-state index is -0.00252. The van der Waals surface area contributed by atoms with Crippen molar-refractivity contribution in [1.29, 1.82) is 0 Å². The standard InChI is InChI=1S/C17H18N2O2/c1-2-14-16(21)9-13-10-18-6-3-15(13)17(14)19-7-4-12(11-20)5-8-19/h1,3,6,10,12,20H,4-5,7-9,11H2. The molecule has 0 saturated carbocycles. The fourth-order valence-corrected chi connectivity index (χ4v) is 3.14. The van der Waals surface area contributed by atoms with Gasteiger partial charge in [0.1, 0.15) is 0 Å². The molecule has 4 heteroatoms. The van der Waals surface area contributed by atoms with Gasteiger partial charge in [0.05, 0.1) is 11.3 Å². The number of hydrogen-bond donors (Lipinski definition) is 1. The summed E-state index contributed by atoms with van der Waals surface area (Å²) in [7, 11) is 0. The van der Waals surface area contributed by atoms with Crippen LogP contribution in [0.15, 0.2) is 24.0 Å². The summed E-state index contributed by atoms with van der Waals surface area (Å²) in [5.74, 6) is 2.94. The molecule has 1 fully saturated rings. The zero-order valence-electron chi connectivity index (χ0n) is 11.9. The highest BCUT2D eigenvalue weighted by atomic mass is 16.3. The molecule has 1 N–H and O–H groups in total. The van der Waals surface area contributed by atoms with Crippen LogP contribution >= 0.6 is 0 Å². The maximum absolute atomic E-state index is 12.3. The molecule has 1 aromatic heterocycles. The van der Waals surface area contributed by atoms with Crippen molar-refractivity contribution in [2.24, 2.45) is 5.92 Å². The fraction of sp³-hybridized carbons (Fsp3) is 0.412. The van der Waals surface area contributed by atoms with Crippen LogP contribution in [0.25, 0.3) is 5.70 Å². The lowest BCUT2D eigenvalue weighted by Gasteiger charge is -2.37. The van der Waals surface area contributed by atoms with E-state index >= 15 is 0 Å². The second-order valence-electron chi connectivity index (χ2n) is 5.61. The number of fused-ring (bicyclic) bond motifs is 1. The van der Waals surface area contributed by atoms with E-state index in [0.29, 0.717) is 17.9 Å². The lowest BCUT2D eigenvalue weighted by atomic mass is 9.87. The van der Waals surface area contributed by atoms with Crippen LogP contribution in [0.5, 0.6) is 0 Å². The lowest BCUT2D eigenvalue weighted by Crippen LogP contribution is -2.36. The van der Waals surface area contributed by atoms with Crippen LogP contribution in [-0.4, -0.2) is 40.5 Å². The first-order chi connectivity index (χ1) is 10.2. The Labute approximate surface area is 124 Å². The Morgan fingerprint density at radius 3 is 2.86 bits per heavy atom. The normalized spacial score (nSPS) is 19.4. The van der Waals surface area contributed by atoms with Crippen molar-refractivity contribution in [3.63, 3.8) is 0 Å². The predicted molar refractivity (Wildman–Crippen MR) is 80.1 cm³/mol. The summed E-state index contributed by atoms with van der Waals surface area (Å²) in [6, 6.07) is 1.94. The average molecular weight is 282 g/mol. The summed E-state index contributed by atoms with van der Waals surface area (Å²) < 4.78 is 0. The molecule has 0 amide bonds. The van der Waals surface area contributed by atoms with E-state index in [9.17, 15) is 9.90 Å².